The van der Waals surface area contributed by atoms with Crippen molar-refractivity contribution < 1.29 is 23.4 Å². The largest absolute Gasteiger partial charge is 0.496 e. The number of carbonyl (C=O) groups is 1. The number of para-hydroxylation sites is 1. The molecule has 7 heteroatoms. The molecule has 22 heavy (non-hydrogen) atoms. The number of carbonyl (C=O) groups excluding carboxylic acids is 1. The molecule has 2 rings (SSSR count). The molecular formula is C15H18F2N2O3. The number of ether oxygens (including phenoxy) is 1. The van der Waals surface area contributed by atoms with Gasteiger partial charge in [-0.1, -0.05) is 30.4 Å². The van der Waals surface area contributed by atoms with Crippen LogP contribution in [0.15, 0.2) is 30.3 Å². The third kappa shape index (κ3) is 2.95. The van der Waals surface area contributed by atoms with Crippen LogP contribution in [-0.2, 0) is 4.79 Å². The number of rotatable bonds is 6. The Morgan fingerprint density at radius 2 is 2.14 bits per heavy atom. The Morgan fingerprint density at radius 1 is 1.50 bits per heavy atom. The topological polar surface area (TPSA) is 75.8 Å². The van der Waals surface area contributed by atoms with Crippen molar-refractivity contribution >= 4 is 12.0 Å². The van der Waals surface area contributed by atoms with Gasteiger partial charge >= 0.3 is 5.92 Å². The van der Waals surface area contributed by atoms with E-state index >= 15 is 0 Å². The van der Waals surface area contributed by atoms with Crippen LogP contribution in [0.5, 0.6) is 5.75 Å². The molecule has 0 unspecified atom stereocenters. The summed E-state index contributed by atoms with van der Waals surface area (Å²) < 4.78 is 32.1. The minimum absolute atomic E-state index is 0.306. The molecule has 1 amide bonds. The van der Waals surface area contributed by atoms with Crippen molar-refractivity contribution in [3.8, 4) is 5.75 Å². The molecule has 0 aliphatic carbocycles. The first-order chi connectivity index (χ1) is 10.3. The molecule has 1 aliphatic heterocycles. The van der Waals surface area contributed by atoms with E-state index < -0.39 is 17.4 Å². The number of amides is 1. The van der Waals surface area contributed by atoms with Crippen LogP contribution in [0.2, 0.25) is 0 Å². The first-order valence-corrected chi connectivity index (χ1v) is 6.72. The van der Waals surface area contributed by atoms with Crippen molar-refractivity contribution in [2.75, 3.05) is 26.7 Å². The molecule has 1 fully saturated rings. The van der Waals surface area contributed by atoms with Gasteiger partial charge in [0, 0.05) is 25.2 Å². The monoisotopic (exact) mass is 312 g/mol. The Hall–Kier alpha value is -1.99. The molecule has 0 radical (unpaired) electrons. The number of β-amino-alcohol motifs (C(OH)–C–C–N with tert-alkyl or cyclic N) is 1. The van der Waals surface area contributed by atoms with Gasteiger partial charge in [0.05, 0.1) is 7.11 Å². The standard InChI is InChI=1S/C15H18F2N2O3/c1-22-12-7-3-2-5-11(12)6-4-8-19-9-14(21,10-19)15(16,17)13(18)20/h2-7,21H,8-10H2,1H3,(H2,18,20)/b6-4+. The van der Waals surface area contributed by atoms with Gasteiger partial charge in [-0.15, -0.1) is 0 Å². The van der Waals surface area contributed by atoms with Gasteiger partial charge in [0.2, 0.25) is 0 Å². The summed E-state index contributed by atoms with van der Waals surface area (Å²) in [5.41, 5.74) is 3.11. The molecule has 1 aliphatic rings. The van der Waals surface area contributed by atoms with Crippen LogP contribution < -0.4 is 10.5 Å². The molecular weight excluding hydrogens is 294 g/mol. The molecule has 0 saturated carbocycles. The molecule has 0 spiro atoms. The number of methoxy groups -OCH3 is 1. The lowest BCUT2D eigenvalue weighted by atomic mass is 9.86. The van der Waals surface area contributed by atoms with Gasteiger partial charge in [-0.3, -0.25) is 9.69 Å². The normalized spacial score (nSPS) is 18.2. The highest BCUT2D eigenvalue weighted by Gasteiger charge is 2.63. The van der Waals surface area contributed by atoms with E-state index in [1.54, 1.807) is 18.1 Å². The van der Waals surface area contributed by atoms with Gasteiger partial charge in [0.25, 0.3) is 5.91 Å². The van der Waals surface area contributed by atoms with Crippen molar-refractivity contribution in [3.05, 3.63) is 35.9 Å². The number of nitrogens with zero attached hydrogens (tertiary/aromatic N) is 1. The number of nitrogens with two attached hydrogens (primary N) is 1. The van der Waals surface area contributed by atoms with Crippen LogP contribution in [0.25, 0.3) is 6.08 Å². The second-order valence-electron chi connectivity index (χ2n) is 5.28. The number of aliphatic hydroxyl groups is 1. The van der Waals surface area contributed by atoms with E-state index in [1.807, 2.05) is 30.3 Å². The number of benzene rings is 1. The van der Waals surface area contributed by atoms with Gasteiger partial charge in [0.1, 0.15) is 5.75 Å². The van der Waals surface area contributed by atoms with Gasteiger partial charge in [-0.25, -0.2) is 0 Å². The molecule has 1 saturated heterocycles. The van der Waals surface area contributed by atoms with Crippen molar-refractivity contribution in [1.82, 2.24) is 4.90 Å². The molecule has 5 nitrogen and oxygen atoms in total. The fourth-order valence-corrected chi connectivity index (χ4v) is 2.38. The van der Waals surface area contributed by atoms with E-state index in [-0.39, 0.29) is 13.1 Å². The highest BCUT2D eigenvalue weighted by molar-refractivity contribution is 5.83. The molecule has 0 atom stereocenters. The summed E-state index contributed by atoms with van der Waals surface area (Å²) in [6.45, 7) is -0.242. The highest BCUT2D eigenvalue weighted by atomic mass is 19.3. The summed E-state index contributed by atoms with van der Waals surface area (Å²) in [6, 6.07) is 7.38. The Balaban J connectivity index is 1.91. The summed E-state index contributed by atoms with van der Waals surface area (Å²) in [4.78, 5) is 12.3. The average Bonchev–Trinajstić information content (AvgIpc) is 2.45. The molecule has 0 aromatic heterocycles. The third-order valence-electron chi connectivity index (χ3n) is 3.66. The molecule has 1 heterocycles. The number of likely N-dealkylation sites (tertiary alicyclic amines) is 1. The van der Waals surface area contributed by atoms with E-state index in [9.17, 15) is 18.7 Å². The zero-order valence-electron chi connectivity index (χ0n) is 12.1. The number of halogens is 2. The lowest BCUT2D eigenvalue weighted by Crippen LogP contribution is -2.73. The second-order valence-corrected chi connectivity index (χ2v) is 5.28. The van der Waals surface area contributed by atoms with E-state index in [2.05, 4.69) is 5.73 Å². The van der Waals surface area contributed by atoms with Crippen LogP contribution >= 0.6 is 0 Å². The molecule has 120 valence electrons. The Bertz CT molecular complexity index is 584. The fourth-order valence-electron chi connectivity index (χ4n) is 2.38. The zero-order valence-corrected chi connectivity index (χ0v) is 12.1. The number of primary amides is 1. The van der Waals surface area contributed by atoms with Gasteiger partial charge in [-0.05, 0) is 6.07 Å². The number of hydrogen-bond acceptors (Lipinski definition) is 4. The van der Waals surface area contributed by atoms with Crippen molar-refractivity contribution in [2.45, 2.75) is 11.5 Å². The predicted octanol–water partition coefficient (Wildman–Crippen LogP) is 0.876. The van der Waals surface area contributed by atoms with E-state index in [0.717, 1.165) is 5.56 Å². The number of alkyl halides is 2. The first-order valence-electron chi connectivity index (χ1n) is 6.72. The van der Waals surface area contributed by atoms with Crippen molar-refractivity contribution in [2.24, 2.45) is 5.73 Å². The van der Waals surface area contributed by atoms with Gasteiger partial charge < -0.3 is 15.6 Å². The lowest BCUT2D eigenvalue weighted by Gasteiger charge is -2.48. The molecule has 3 N–H and O–H groups in total. The lowest BCUT2D eigenvalue weighted by molar-refractivity contribution is -0.231. The predicted molar refractivity (Wildman–Crippen MR) is 77.6 cm³/mol. The SMILES string of the molecule is COc1ccccc1/C=C/CN1CC(O)(C(F)(F)C(N)=O)C1. The summed E-state index contributed by atoms with van der Waals surface area (Å²) in [6.07, 6.45) is 3.59. The Kier molecular flexibility index (Phi) is 4.48. The summed E-state index contributed by atoms with van der Waals surface area (Å²) in [7, 11) is 1.56. The third-order valence-corrected chi connectivity index (χ3v) is 3.66. The molecule has 1 aromatic carbocycles. The van der Waals surface area contributed by atoms with Crippen molar-refractivity contribution in [1.29, 1.82) is 0 Å². The maximum absolute atomic E-state index is 13.4. The van der Waals surface area contributed by atoms with Crippen LogP contribution in [0.4, 0.5) is 8.78 Å². The zero-order chi connectivity index (χ0) is 16.4. The highest BCUT2D eigenvalue weighted by Crippen LogP contribution is 2.36. The fraction of sp³-hybridized carbons (Fsp3) is 0.400. The molecule has 0 bridgehead atoms. The summed E-state index contributed by atoms with van der Waals surface area (Å²) >= 11 is 0. The van der Waals surface area contributed by atoms with Crippen molar-refractivity contribution in [3.63, 3.8) is 0 Å². The smallest absolute Gasteiger partial charge is 0.354 e. The van der Waals surface area contributed by atoms with Crippen LogP contribution in [0.1, 0.15) is 5.56 Å². The summed E-state index contributed by atoms with van der Waals surface area (Å²) in [5.74, 6) is -5.02. The maximum atomic E-state index is 13.4. The quantitative estimate of drug-likeness (QED) is 0.817. The van der Waals surface area contributed by atoms with Crippen LogP contribution in [0.3, 0.4) is 0 Å². The first kappa shape index (κ1) is 16.4. The van der Waals surface area contributed by atoms with E-state index in [1.165, 1.54) is 0 Å². The van der Waals surface area contributed by atoms with Gasteiger partial charge in [0.15, 0.2) is 5.60 Å². The maximum Gasteiger partial charge on any atom is 0.354 e. The molecule has 1 aromatic rings. The average molecular weight is 312 g/mol. The summed E-state index contributed by atoms with van der Waals surface area (Å²) in [5, 5.41) is 9.74. The minimum atomic E-state index is -3.92. The van der Waals surface area contributed by atoms with Crippen LogP contribution in [-0.4, -0.2) is 54.2 Å². The Labute approximate surface area is 127 Å². The number of hydrogen-bond donors (Lipinski definition) is 2. The minimum Gasteiger partial charge on any atom is -0.496 e. The van der Waals surface area contributed by atoms with Crippen LogP contribution in [0, 0.1) is 0 Å². The van der Waals surface area contributed by atoms with E-state index in [4.69, 9.17) is 4.74 Å². The van der Waals surface area contributed by atoms with E-state index in [0.29, 0.717) is 12.3 Å². The van der Waals surface area contributed by atoms with Gasteiger partial charge in [-0.2, -0.15) is 8.78 Å². The second kappa shape index (κ2) is 6.02. The Morgan fingerprint density at radius 3 is 2.73 bits per heavy atom.